The molecule has 0 radical (unpaired) electrons. The Bertz CT molecular complexity index is 899. The van der Waals surface area contributed by atoms with Gasteiger partial charge >= 0.3 is 0 Å². The predicted octanol–water partition coefficient (Wildman–Crippen LogP) is 13.5. The van der Waals surface area contributed by atoms with E-state index in [0.29, 0.717) is 6.42 Å². The lowest BCUT2D eigenvalue weighted by Gasteiger charge is -2.19. The smallest absolute Gasteiger partial charge is 0.220 e. The molecule has 0 rings (SSSR count). The first-order valence-corrected chi connectivity index (χ1v) is 21.7. The molecule has 0 aromatic carbocycles. The van der Waals surface area contributed by atoms with Crippen molar-refractivity contribution in [1.29, 1.82) is 0 Å². The number of hydrogen-bond donors (Lipinski definition) is 3. The van der Waals surface area contributed by atoms with Crippen LogP contribution in [-0.4, -0.2) is 34.9 Å². The fourth-order valence-corrected chi connectivity index (χ4v) is 6.03. The minimum absolute atomic E-state index is 0.0844. The maximum absolute atomic E-state index is 12.4. The van der Waals surface area contributed by atoms with Gasteiger partial charge in [-0.3, -0.25) is 4.79 Å². The molecule has 0 heterocycles. The van der Waals surface area contributed by atoms with Crippen LogP contribution in [-0.2, 0) is 4.79 Å². The van der Waals surface area contributed by atoms with Crippen LogP contribution in [0.1, 0.15) is 200 Å². The maximum atomic E-state index is 12.4. The van der Waals surface area contributed by atoms with Crippen molar-refractivity contribution >= 4 is 5.91 Å². The van der Waals surface area contributed by atoms with Gasteiger partial charge in [0.1, 0.15) is 0 Å². The van der Waals surface area contributed by atoms with Gasteiger partial charge in [-0.15, -0.1) is 0 Å². The second-order valence-electron chi connectivity index (χ2n) is 14.4. The number of unbranched alkanes of at least 4 members (excludes halogenated alkanes) is 21. The molecule has 4 heteroatoms. The van der Waals surface area contributed by atoms with Gasteiger partial charge in [-0.1, -0.05) is 189 Å². The second-order valence-corrected chi connectivity index (χ2v) is 14.4. The number of rotatable bonds is 38. The Morgan fingerprint density at radius 3 is 1.33 bits per heavy atom. The van der Waals surface area contributed by atoms with Crippen molar-refractivity contribution in [2.24, 2.45) is 0 Å². The third kappa shape index (κ3) is 38.9. The monoisotopic (exact) mass is 710 g/mol. The number of carbonyl (C=O) groups excluding carboxylic acids is 1. The Morgan fingerprint density at radius 2 is 0.843 bits per heavy atom. The number of nitrogens with one attached hydrogen (secondary N) is 1. The van der Waals surface area contributed by atoms with Crippen molar-refractivity contribution < 1.29 is 15.0 Å². The first kappa shape index (κ1) is 48.8. The Balaban J connectivity index is 3.59. The predicted molar refractivity (Wildman–Crippen MR) is 225 cm³/mol. The number of allylic oxidation sites excluding steroid dienone is 11. The van der Waals surface area contributed by atoms with Crippen LogP contribution in [0, 0.1) is 0 Å². The summed E-state index contributed by atoms with van der Waals surface area (Å²) in [6.07, 6.45) is 60.1. The lowest BCUT2D eigenvalue weighted by atomic mass is 10.0. The van der Waals surface area contributed by atoms with E-state index in [9.17, 15) is 15.0 Å². The number of amides is 1. The summed E-state index contributed by atoms with van der Waals surface area (Å²) in [5.41, 5.74) is 0. The first-order chi connectivity index (χ1) is 25.2. The third-order valence-electron chi connectivity index (χ3n) is 9.39. The Hall–Kier alpha value is -2.17. The van der Waals surface area contributed by atoms with Crippen LogP contribution in [0.15, 0.2) is 72.9 Å². The summed E-state index contributed by atoms with van der Waals surface area (Å²) >= 11 is 0. The quantitative estimate of drug-likeness (QED) is 0.0441. The topological polar surface area (TPSA) is 69.6 Å². The van der Waals surface area contributed by atoms with Crippen LogP contribution < -0.4 is 5.32 Å². The molecule has 51 heavy (non-hydrogen) atoms. The van der Waals surface area contributed by atoms with Gasteiger partial charge in [0.25, 0.3) is 0 Å². The SMILES string of the molecule is CCCC/C=C/CC/C=C/CC/C=C/C(O)C(CO)NC(=O)CCCCCCCCCCCCCC/C=C\C/C=C\C/C=C\CCCCCCC. The molecule has 0 spiro atoms. The highest BCUT2D eigenvalue weighted by molar-refractivity contribution is 5.76. The van der Waals surface area contributed by atoms with Gasteiger partial charge in [0.15, 0.2) is 0 Å². The number of carbonyl (C=O) groups is 1. The number of hydrogen-bond acceptors (Lipinski definition) is 3. The highest BCUT2D eigenvalue weighted by atomic mass is 16.3. The minimum atomic E-state index is -0.872. The van der Waals surface area contributed by atoms with E-state index in [2.05, 4.69) is 79.9 Å². The molecular formula is C47H83NO3. The van der Waals surface area contributed by atoms with Gasteiger partial charge in [-0.05, 0) is 77.0 Å². The molecule has 2 atom stereocenters. The summed E-state index contributed by atoms with van der Waals surface area (Å²) in [5.74, 6) is -0.0844. The molecular weight excluding hydrogens is 627 g/mol. The van der Waals surface area contributed by atoms with Gasteiger partial charge in [-0.2, -0.15) is 0 Å². The first-order valence-electron chi connectivity index (χ1n) is 21.7. The summed E-state index contributed by atoms with van der Waals surface area (Å²) < 4.78 is 0. The van der Waals surface area contributed by atoms with E-state index in [1.165, 1.54) is 128 Å². The van der Waals surface area contributed by atoms with Crippen molar-refractivity contribution in [3.8, 4) is 0 Å². The van der Waals surface area contributed by atoms with E-state index in [1.54, 1.807) is 6.08 Å². The van der Waals surface area contributed by atoms with Crippen LogP contribution >= 0.6 is 0 Å². The molecule has 2 unspecified atom stereocenters. The largest absolute Gasteiger partial charge is 0.394 e. The van der Waals surface area contributed by atoms with E-state index in [4.69, 9.17) is 0 Å². The Morgan fingerprint density at radius 1 is 0.471 bits per heavy atom. The molecule has 0 saturated heterocycles. The van der Waals surface area contributed by atoms with Crippen LogP contribution in [0.4, 0.5) is 0 Å². The summed E-state index contributed by atoms with van der Waals surface area (Å²) in [5, 5.41) is 22.9. The fraction of sp³-hybridized carbons (Fsp3) is 0.723. The highest BCUT2D eigenvalue weighted by Gasteiger charge is 2.17. The zero-order valence-corrected chi connectivity index (χ0v) is 33.6. The van der Waals surface area contributed by atoms with Crippen LogP contribution in [0.25, 0.3) is 0 Å². The van der Waals surface area contributed by atoms with Crippen molar-refractivity contribution in [2.45, 2.75) is 212 Å². The highest BCUT2D eigenvalue weighted by Crippen LogP contribution is 2.14. The molecule has 0 fully saturated rings. The fourth-order valence-electron chi connectivity index (χ4n) is 6.03. The molecule has 1 amide bonds. The summed E-state index contributed by atoms with van der Waals surface area (Å²) in [6, 6.07) is -0.648. The van der Waals surface area contributed by atoms with Crippen molar-refractivity contribution in [3.63, 3.8) is 0 Å². The van der Waals surface area contributed by atoms with Crippen molar-refractivity contribution in [3.05, 3.63) is 72.9 Å². The third-order valence-corrected chi connectivity index (χ3v) is 9.39. The molecule has 0 aromatic rings. The van der Waals surface area contributed by atoms with Crippen LogP contribution in [0.5, 0.6) is 0 Å². The van der Waals surface area contributed by atoms with Gasteiger partial charge in [-0.25, -0.2) is 0 Å². The Labute approximate surface area is 317 Å². The zero-order valence-electron chi connectivity index (χ0n) is 33.6. The molecule has 3 N–H and O–H groups in total. The molecule has 294 valence electrons. The second kappa shape index (κ2) is 42.2. The summed E-state index contributed by atoms with van der Waals surface area (Å²) in [7, 11) is 0. The number of aliphatic hydroxyl groups excluding tert-OH is 2. The van der Waals surface area contributed by atoms with E-state index in [1.807, 2.05) is 6.08 Å². The maximum Gasteiger partial charge on any atom is 0.220 e. The molecule has 0 aliphatic carbocycles. The number of aliphatic hydroxyl groups is 2. The van der Waals surface area contributed by atoms with E-state index in [0.717, 1.165) is 51.4 Å². The lowest BCUT2D eigenvalue weighted by molar-refractivity contribution is -0.123. The van der Waals surface area contributed by atoms with Crippen LogP contribution in [0.2, 0.25) is 0 Å². The standard InChI is InChI=1S/C47H83NO3/c1-3-5-7-9-11-13-15-17-18-19-20-21-22-23-24-25-26-27-28-29-30-31-33-35-37-39-41-43-47(51)48-45(44-49)46(50)42-40-38-36-34-32-16-14-12-10-8-6-4-2/h10,12,15,17,19-20,22-23,32,34,40,42,45-46,49-50H,3-9,11,13-14,16,18,21,24-31,33,35-39,41,43-44H2,1-2H3,(H,48,51)/b12-10+,17-15-,20-19-,23-22-,34-32+,42-40+. The van der Waals surface area contributed by atoms with E-state index in [-0.39, 0.29) is 12.5 Å². The summed E-state index contributed by atoms with van der Waals surface area (Å²) in [6.45, 7) is 4.22. The molecule has 0 aliphatic heterocycles. The van der Waals surface area contributed by atoms with Gasteiger partial charge in [0, 0.05) is 6.42 Å². The minimum Gasteiger partial charge on any atom is -0.394 e. The van der Waals surface area contributed by atoms with Gasteiger partial charge in [0.05, 0.1) is 18.8 Å². The average molecular weight is 710 g/mol. The molecule has 0 aliphatic rings. The summed E-state index contributed by atoms with van der Waals surface area (Å²) in [4.78, 5) is 12.4. The van der Waals surface area contributed by atoms with Gasteiger partial charge < -0.3 is 15.5 Å². The van der Waals surface area contributed by atoms with Crippen molar-refractivity contribution in [2.75, 3.05) is 6.61 Å². The van der Waals surface area contributed by atoms with E-state index < -0.39 is 12.1 Å². The Kier molecular flexibility index (Phi) is 40.4. The zero-order chi connectivity index (χ0) is 37.1. The normalized spacial score (nSPS) is 13.7. The van der Waals surface area contributed by atoms with Gasteiger partial charge in [0.2, 0.25) is 5.91 Å². The molecule has 0 aromatic heterocycles. The lowest BCUT2D eigenvalue weighted by Crippen LogP contribution is -2.45. The molecule has 0 bridgehead atoms. The average Bonchev–Trinajstić information content (AvgIpc) is 3.13. The molecule has 4 nitrogen and oxygen atoms in total. The van der Waals surface area contributed by atoms with Crippen molar-refractivity contribution in [1.82, 2.24) is 5.32 Å². The van der Waals surface area contributed by atoms with E-state index >= 15 is 0 Å². The molecule has 0 saturated carbocycles. The van der Waals surface area contributed by atoms with Crippen LogP contribution in [0.3, 0.4) is 0 Å².